The lowest BCUT2D eigenvalue weighted by Gasteiger charge is -2.18. The van der Waals surface area contributed by atoms with Gasteiger partial charge in [-0.05, 0) is 24.7 Å². The third-order valence-corrected chi connectivity index (χ3v) is 4.44. The molecule has 0 heterocycles. The molecule has 0 bridgehead atoms. The Morgan fingerprint density at radius 3 is 1.48 bits per heavy atom. The molecule has 0 aliphatic carbocycles. The predicted octanol–water partition coefficient (Wildman–Crippen LogP) is 4.68. The highest BCUT2D eigenvalue weighted by Gasteiger charge is 2.09. The molecule has 2 atom stereocenters. The zero-order chi connectivity index (χ0) is 22.8. The third kappa shape index (κ3) is 31.9. The van der Waals surface area contributed by atoms with E-state index in [0.717, 1.165) is 31.1 Å². The van der Waals surface area contributed by atoms with Crippen LogP contribution in [0.5, 0.6) is 0 Å². The fraction of sp³-hybridized carbons (Fsp3) is 0.870. The second-order valence-corrected chi connectivity index (χ2v) is 6.97. The van der Waals surface area contributed by atoms with E-state index >= 15 is 0 Å². The van der Waals surface area contributed by atoms with Crippen molar-refractivity contribution in [2.45, 2.75) is 79.1 Å². The quantitative estimate of drug-likeness (QED) is 0.233. The second kappa shape index (κ2) is 29.3. The van der Waals surface area contributed by atoms with Crippen LogP contribution in [0.15, 0.2) is 12.7 Å². The van der Waals surface area contributed by atoms with Gasteiger partial charge in [-0.2, -0.15) is 0 Å². The Bertz CT molecular complexity index is 302. The van der Waals surface area contributed by atoms with E-state index in [1.54, 1.807) is 0 Å². The molecule has 0 aromatic heterocycles. The maximum atomic E-state index is 9.25. The maximum absolute atomic E-state index is 9.25. The molecule has 0 saturated heterocycles. The average molecular weight is 421 g/mol. The molecule has 3 N–H and O–H groups in total. The molecule has 6 heteroatoms. The van der Waals surface area contributed by atoms with E-state index < -0.39 is 5.97 Å². The summed E-state index contributed by atoms with van der Waals surface area (Å²) in [6, 6.07) is 0. The largest absolute Gasteiger partial charge is 0.478 e. The van der Waals surface area contributed by atoms with Crippen LogP contribution in [0.4, 0.5) is 0 Å². The second-order valence-electron chi connectivity index (χ2n) is 6.97. The van der Waals surface area contributed by atoms with Crippen molar-refractivity contribution in [2.24, 2.45) is 11.8 Å². The number of rotatable bonds is 17. The molecule has 0 radical (unpaired) electrons. The number of ether oxygens (including phenoxy) is 2. The first kappa shape index (κ1) is 32.7. The number of hydrogen-bond donors (Lipinski definition) is 3. The van der Waals surface area contributed by atoms with E-state index in [4.69, 9.17) is 20.1 Å². The van der Waals surface area contributed by atoms with E-state index in [1.165, 1.54) is 51.4 Å². The van der Waals surface area contributed by atoms with Crippen molar-refractivity contribution in [1.82, 2.24) is 0 Å². The zero-order valence-electron chi connectivity index (χ0n) is 19.4. The molecule has 0 aliphatic heterocycles. The molecule has 0 fully saturated rings. The van der Waals surface area contributed by atoms with Gasteiger partial charge < -0.3 is 24.8 Å². The van der Waals surface area contributed by atoms with E-state index in [-0.39, 0.29) is 13.2 Å². The van der Waals surface area contributed by atoms with Gasteiger partial charge >= 0.3 is 5.97 Å². The highest BCUT2D eigenvalue weighted by Crippen LogP contribution is 2.16. The van der Waals surface area contributed by atoms with E-state index in [2.05, 4.69) is 39.0 Å². The van der Waals surface area contributed by atoms with Gasteiger partial charge in [0, 0.05) is 19.3 Å². The maximum Gasteiger partial charge on any atom is 0.327 e. The van der Waals surface area contributed by atoms with Crippen molar-refractivity contribution in [2.75, 3.05) is 39.6 Å². The van der Waals surface area contributed by atoms with Gasteiger partial charge in [-0.1, -0.05) is 72.8 Å². The van der Waals surface area contributed by atoms with Crippen LogP contribution in [0.3, 0.4) is 0 Å². The van der Waals surface area contributed by atoms with Gasteiger partial charge in [0.05, 0.1) is 26.4 Å². The zero-order valence-corrected chi connectivity index (χ0v) is 19.4. The van der Waals surface area contributed by atoms with Crippen molar-refractivity contribution < 1.29 is 29.6 Å². The molecule has 6 nitrogen and oxygen atoms in total. The Balaban J connectivity index is -0.000000461. The fourth-order valence-electron chi connectivity index (χ4n) is 2.43. The van der Waals surface area contributed by atoms with Crippen molar-refractivity contribution in [1.29, 1.82) is 0 Å². The molecule has 0 rings (SSSR count). The summed E-state index contributed by atoms with van der Waals surface area (Å²) in [5, 5.41) is 23.8. The molecule has 0 saturated carbocycles. The number of unbranched alkanes of at least 4 members (excludes halogenated alkanes) is 2. The van der Waals surface area contributed by atoms with Crippen molar-refractivity contribution in [3.63, 3.8) is 0 Å². The number of hydrogen-bond acceptors (Lipinski definition) is 5. The van der Waals surface area contributed by atoms with Gasteiger partial charge in [-0.25, -0.2) is 4.79 Å². The smallest absolute Gasteiger partial charge is 0.327 e. The van der Waals surface area contributed by atoms with Crippen molar-refractivity contribution in [3.05, 3.63) is 12.7 Å². The fourth-order valence-corrected chi connectivity index (χ4v) is 2.43. The lowest BCUT2D eigenvalue weighted by molar-refractivity contribution is -0.131. The summed E-state index contributed by atoms with van der Waals surface area (Å²) in [5.74, 6) is 0.599. The molecular weight excluding hydrogens is 372 g/mol. The minimum Gasteiger partial charge on any atom is -0.478 e. The van der Waals surface area contributed by atoms with E-state index in [9.17, 15) is 4.79 Å². The molecule has 0 aromatic carbocycles. The van der Waals surface area contributed by atoms with Gasteiger partial charge in [0.1, 0.15) is 0 Å². The van der Waals surface area contributed by atoms with Crippen LogP contribution in [0.2, 0.25) is 0 Å². The summed E-state index contributed by atoms with van der Waals surface area (Å²) >= 11 is 0. The number of aliphatic carboxylic acids is 1. The third-order valence-electron chi connectivity index (χ3n) is 4.44. The standard InChI is InChI=1S/C16H34O.C4H10O3.C3H4O2/c1-5-9-11-15(7-3)13-17-14-16(8-4)12-10-6-2;5-1-3-7-4-2-6;1-2-3(4)5/h15-16H,5-14H2,1-4H3;5-6H,1-4H2;2H,1H2,(H,4,5). The molecule has 0 aromatic rings. The topological polar surface area (TPSA) is 96.2 Å². The number of carboxylic acids is 1. The van der Waals surface area contributed by atoms with Crippen LogP contribution in [0.25, 0.3) is 0 Å². The summed E-state index contributed by atoms with van der Waals surface area (Å²) in [4.78, 5) is 9.25. The average Bonchev–Trinajstić information content (AvgIpc) is 2.74. The summed E-state index contributed by atoms with van der Waals surface area (Å²) in [6.07, 6.45) is 11.4. The van der Waals surface area contributed by atoms with Gasteiger partial charge in [0.2, 0.25) is 0 Å². The molecule has 0 spiro atoms. The van der Waals surface area contributed by atoms with Gasteiger partial charge in [-0.15, -0.1) is 0 Å². The van der Waals surface area contributed by atoms with Crippen LogP contribution in [0.1, 0.15) is 79.1 Å². The van der Waals surface area contributed by atoms with Crippen LogP contribution >= 0.6 is 0 Å². The molecule has 2 unspecified atom stereocenters. The Hall–Kier alpha value is -0.950. The van der Waals surface area contributed by atoms with Crippen molar-refractivity contribution >= 4 is 5.97 Å². The first-order valence-corrected chi connectivity index (χ1v) is 11.2. The Morgan fingerprint density at radius 1 is 0.862 bits per heavy atom. The van der Waals surface area contributed by atoms with E-state index in [1.807, 2.05) is 0 Å². The monoisotopic (exact) mass is 420 g/mol. The summed E-state index contributed by atoms with van der Waals surface area (Å²) in [5.41, 5.74) is 0. The summed E-state index contributed by atoms with van der Waals surface area (Å²) < 4.78 is 10.6. The number of carbonyl (C=O) groups is 1. The minimum absolute atomic E-state index is 0.0278. The molecular formula is C23H48O6. The lowest BCUT2D eigenvalue weighted by Crippen LogP contribution is -2.14. The summed E-state index contributed by atoms with van der Waals surface area (Å²) in [6.45, 7) is 14.7. The van der Waals surface area contributed by atoms with Gasteiger partial charge in [-0.3, -0.25) is 0 Å². The van der Waals surface area contributed by atoms with E-state index in [0.29, 0.717) is 13.2 Å². The Kier molecular flexibility index (Phi) is 33.0. The van der Waals surface area contributed by atoms with Crippen LogP contribution in [-0.4, -0.2) is 60.9 Å². The van der Waals surface area contributed by atoms with Gasteiger partial charge in [0.25, 0.3) is 0 Å². The van der Waals surface area contributed by atoms with Crippen LogP contribution in [-0.2, 0) is 14.3 Å². The lowest BCUT2D eigenvalue weighted by atomic mass is 9.99. The Labute approximate surface area is 179 Å². The van der Waals surface area contributed by atoms with Crippen LogP contribution < -0.4 is 0 Å². The number of carboxylic acid groups (broad SMARTS) is 1. The molecule has 176 valence electrons. The minimum atomic E-state index is -0.981. The highest BCUT2D eigenvalue weighted by molar-refractivity contribution is 5.78. The molecule has 0 amide bonds. The van der Waals surface area contributed by atoms with Gasteiger partial charge in [0.15, 0.2) is 0 Å². The first-order chi connectivity index (χ1) is 14.0. The molecule has 0 aliphatic rings. The van der Waals surface area contributed by atoms with Crippen molar-refractivity contribution in [3.8, 4) is 0 Å². The number of aliphatic hydroxyl groups excluding tert-OH is 2. The highest BCUT2D eigenvalue weighted by atomic mass is 16.5. The summed E-state index contributed by atoms with van der Waals surface area (Å²) in [7, 11) is 0. The van der Waals surface area contributed by atoms with Crippen LogP contribution in [0, 0.1) is 11.8 Å². The Morgan fingerprint density at radius 2 is 1.24 bits per heavy atom. The predicted molar refractivity (Wildman–Crippen MR) is 120 cm³/mol. The normalized spacial score (nSPS) is 12.1. The first-order valence-electron chi connectivity index (χ1n) is 11.2. The SMILES string of the molecule is C=CC(=O)O.CCCCC(CC)COCC(CC)CCCC.OCCOCCO. The molecule has 29 heavy (non-hydrogen) atoms. The number of aliphatic hydroxyl groups is 2.